The Hall–Kier alpha value is -2.48. The highest BCUT2D eigenvalue weighted by molar-refractivity contribution is 5.88. The molecule has 8 nitrogen and oxygen atoms in total. The van der Waals surface area contributed by atoms with Crippen LogP contribution in [0.5, 0.6) is 17.2 Å². The van der Waals surface area contributed by atoms with Crippen molar-refractivity contribution < 1.29 is 28.9 Å². The average molecular weight is 376 g/mol. The topological polar surface area (TPSA) is 97.3 Å². The molecule has 27 heavy (non-hydrogen) atoms. The Morgan fingerprint density at radius 2 is 1.96 bits per heavy atom. The van der Waals surface area contributed by atoms with Gasteiger partial charge in [0.1, 0.15) is 19.0 Å². The minimum absolute atomic E-state index is 0.0747. The van der Waals surface area contributed by atoms with Gasteiger partial charge in [-0.1, -0.05) is 0 Å². The molecule has 1 aromatic carbocycles. The first kappa shape index (κ1) is 17.9. The van der Waals surface area contributed by atoms with Crippen molar-refractivity contribution >= 4 is 11.9 Å². The molecule has 1 spiro atoms. The van der Waals surface area contributed by atoms with Gasteiger partial charge in [-0.05, 0) is 18.9 Å². The molecule has 0 saturated carbocycles. The van der Waals surface area contributed by atoms with Gasteiger partial charge in [0.2, 0.25) is 5.91 Å². The summed E-state index contributed by atoms with van der Waals surface area (Å²) >= 11 is 0. The zero-order chi connectivity index (χ0) is 19.0. The van der Waals surface area contributed by atoms with Gasteiger partial charge in [-0.25, -0.2) is 0 Å². The Bertz CT molecular complexity index is 757. The normalized spacial score (nSPS) is 23.9. The lowest BCUT2D eigenvalue weighted by molar-refractivity contribution is -0.144. The Morgan fingerprint density at radius 1 is 1.30 bits per heavy atom. The predicted molar refractivity (Wildman–Crippen MR) is 95.1 cm³/mol. The highest BCUT2D eigenvalue weighted by atomic mass is 16.6. The van der Waals surface area contributed by atoms with Crippen molar-refractivity contribution in [3.8, 4) is 17.2 Å². The molecule has 0 aromatic heterocycles. The van der Waals surface area contributed by atoms with Gasteiger partial charge in [-0.2, -0.15) is 0 Å². The van der Waals surface area contributed by atoms with Crippen LogP contribution >= 0.6 is 0 Å². The van der Waals surface area contributed by atoms with Crippen LogP contribution in [0.15, 0.2) is 12.1 Å². The number of fused-ring (bicyclic) bond motifs is 1. The number of amides is 1. The third-order valence-corrected chi connectivity index (χ3v) is 5.83. The number of rotatable bonds is 4. The van der Waals surface area contributed by atoms with Crippen molar-refractivity contribution in [1.82, 2.24) is 10.2 Å². The molecule has 146 valence electrons. The van der Waals surface area contributed by atoms with E-state index in [2.05, 4.69) is 10.2 Å². The van der Waals surface area contributed by atoms with Gasteiger partial charge in [-0.3, -0.25) is 14.5 Å². The predicted octanol–water partition coefficient (Wildman–Crippen LogP) is 1.02. The molecular weight excluding hydrogens is 352 g/mol. The number of ether oxygens (including phenoxy) is 3. The first-order chi connectivity index (χ1) is 13.0. The molecule has 3 aliphatic rings. The average Bonchev–Trinajstić information content (AvgIpc) is 2.99. The number of carboxylic acids is 1. The SMILES string of the molecule is COc1cc2c(cc1CN1CCC3(CC1)NC(=O)C[C@H]3C(=O)O)OCCO2. The van der Waals surface area contributed by atoms with E-state index in [-0.39, 0.29) is 12.3 Å². The van der Waals surface area contributed by atoms with Gasteiger partial charge in [0.15, 0.2) is 11.5 Å². The van der Waals surface area contributed by atoms with Crippen LogP contribution in [0.3, 0.4) is 0 Å². The fraction of sp³-hybridized carbons (Fsp3) is 0.579. The maximum Gasteiger partial charge on any atom is 0.309 e. The maximum absolute atomic E-state index is 11.8. The van der Waals surface area contributed by atoms with Gasteiger partial charge >= 0.3 is 5.97 Å². The van der Waals surface area contributed by atoms with Crippen LogP contribution in [-0.4, -0.2) is 60.8 Å². The van der Waals surface area contributed by atoms with Crippen molar-refractivity contribution in [1.29, 1.82) is 0 Å². The standard InChI is InChI=1S/C19H24N2O6/c1-25-14-10-16-15(26-6-7-27-16)8-12(14)11-21-4-2-19(3-5-21)13(18(23)24)9-17(22)20-19/h8,10,13H,2-7,9,11H2,1H3,(H,20,22)(H,23,24)/t13-/m0/s1. The first-order valence-corrected chi connectivity index (χ1v) is 9.23. The van der Waals surface area contributed by atoms with E-state index >= 15 is 0 Å². The summed E-state index contributed by atoms with van der Waals surface area (Å²) in [6, 6.07) is 3.81. The molecular formula is C19H24N2O6. The number of benzene rings is 1. The second-order valence-electron chi connectivity index (χ2n) is 7.38. The number of nitrogens with one attached hydrogen (secondary N) is 1. The summed E-state index contributed by atoms with van der Waals surface area (Å²) < 4.78 is 16.8. The molecule has 1 aromatic rings. The van der Waals surface area contributed by atoms with E-state index in [1.54, 1.807) is 7.11 Å². The molecule has 0 unspecified atom stereocenters. The minimum Gasteiger partial charge on any atom is -0.496 e. The molecule has 4 rings (SSSR count). The molecule has 2 N–H and O–H groups in total. The lowest BCUT2D eigenvalue weighted by Crippen LogP contribution is -2.55. The number of likely N-dealkylation sites (tertiary alicyclic amines) is 1. The Morgan fingerprint density at radius 3 is 2.59 bits per heavy atom. The molecule has 1 atom stereocenters. The van der Waals surface area contributed by atoms with Crippen molar-refractivity contribution in [2.45, 2.75) is 31.3 Å². The van der Waals surface area contributed by atoms with E-state index in [9.17, 15) is 14.7 Å². The van der Waals surface area contributed by atoms with Gasteiger partial charge in [0.25, 0.3) is 0 Å². The van der Waals surface area contributed by atoms with E-state index in [1.165, 1.54) is 0 Å². The zero-order valence-corrected chi connectivity index (χ0v) is 15.3. The van der Waals surface area contributed by atoms with E-state index in [0.717, 1.165) is 17.1 Å². The third-order valence-electron chi connectivity index (χ3n) is 5.83. The number of carbonyl (C=O) groups is 2. The summed E-state index contributed by atoms with van der Waals surface area (Å²) in [6.07, 6.45) is 1.33. The number of hydrogen-bond acceptors (Lipinski definition) is 6. The fourth-order valence-corrected chi connectivity index (χ4v) is 4.37. The smallest absolute Gasteiger partial charge is 0.309 e. The Kier molecular flexibility index (Phi) is 4.59. The first-order valence-electron chi connectivity index (χ1n) is 9.23. The van der Waals surface area contributed by atoms with Crippen LogP contribution < -0.4 is 19.5 Å². The van der Waals surface area contributed by atoms with Gasteiger partial charge in [0.05, 0.1) is 18.6 Å². The second kappa shape index (κ2) is 6.92. The number of aliphatic carboxylic acids is 1. The molecule has 2 fully saturated rings. The van der Waals surface area contributed by atoms with E-state index in [0.29, 0.717) is 51.4 Å². The van der Waals surface area contributed by atoms with Crippen LogP contribution in [0, 0.1) is 5.92 Å². The lowest BCUT2D eigenvalue weighted by atomic mass is 9.77. The largest absolute Gasteiger partial charge is 0.496 e. The lowest BCUT2D eigenvalue weighted by Gasteiger charge is -2.41. The highest BCUT2D eigenvalue weighted by Crippen LogP contribution is 2.40. The number of methoxy groups -OCH3 is 1. The molecule has 0 radical (unpaired) electrons. The van der Waals surface area contributed by atoms with E-state index in [1.807, 2.05) is 12.1 Å². The van der Waals surface area contributed by atoms with Crippen LogP contribution in [0.25, 0.3) is 0 Å². The summed E-state index contributed by atoms with van der Waals surface area (Å²) in [5.41, 5.74) is 0.388. The van der Waals surface area contributed by atoms with Gasteiger partial charge in [0, 0.05) is 37.7 Å². The maximum atomic E-state index is 11.8. The van der Waals surface area contributed by atoms with E-state index < -0.39 is 17.4 Å². The van der Waals surface area contributed by atoms with Crippen molar-refractivity contribution in [3.05, 3.63) is 17.7 Å². The van der Waals surface area contributed by atoms with Crippen LogP contribution in [0.2, 0.25) is 0 Å². The Balaban J connectivity index is 1.47. The summed E-state index contributed by atoms with van der Waals surface area (Å²) in [7, 11) is 1.63. The molecule has 8 heteroatoms. The summed E-state index contributed by atoms with van der Waals surface area (Å²) in [5, 5.41) is 12.4. The van der Waals surface area contributed by atoms with Crippen LogP contribution in [0.1, 0.15) is 24.8 Å². The Labute approximate surface area is 157 Å². The fourth-order valence-electron chi connectivity index (χ4n) is 4.37. The minimum atomic E-state index is -0.893. The molecule has 0 aliphatic carbocycles. The summed E-state index contributed by atoms with van der Waals surface area (Å²) in [5.74, 6) is 0.463. The zero-order valence-electron chi connectivity index (χ0n) is 15.3. The number of hydrogen-bond donors (Lipinski definition) is 2. The summed E-state index contributed by atoms with van der Waals surface area (Å²) in [6.45, 7) is 3.15. The number of nitrogens with zero attached hydrogens (tertiary/aromatic N) is 1. The monoisotopic (exact) mass is 376 g/mol. The molecule has 2 saturated heterocycles. The molecule has 3 aliphatic heterocycles. The number of piperidine rings is 1. The van der Waals surface area contributed by atoms with Crippen LogP contribution in [0.4, 0.5) is 0 Å². The second-order valence-corrected chi connectivity index (χ2v) is 7.38. The highest BCUT2D eigenvalue weighted by Gasteiger charge is 2.51. The summed E-state index contributed by atoms with van der Waals surface area (Å²) in [4.78, 5) is 25.6. The molecule has 0 bridgehead atoms. The van der Waals surface area contributed by atoms with Gasteiger partial charge in [-0.15, -0.1) is 0 Å². The number of carbonyl (C=O) groups excluding carboxylic acids is 1. The van der Waals surface area contributed by atoms with Gasteiger partial charge < -0.3 is 24.6 Å². The quantitative estimate of drug-likeness (QED) is 0.810. The van der Waals surface area contributed by atoms with Crippen molar-refractivity contribution in [3.63, 3.8) is 0 Å². The third kappa shape index (κ3) is 3.29. The molecule has 1 amide bonds. The van der Waals surface area contributed by atoms with Crippen molar-refractivity contribution in [2.75, 3.05) is 33.4 Å². The van der Waals surface area contributed by atoms with E-state index in [4.69, 9.17) is 14.2 Å². The number of carboxylic acid groups (broad SMARTS) is 1. The van der Waals surface area contributed by atoms with Crippen molar-refractivity contribution in [2.24, 2.45) is 5.92 Å². The van der Waals surface area contributed by atoms with Crippen LogP contribution in [-0.2, 0) is 16.1 Å². The molecule has 3 heterocycles.